The molecular weight excluding hydrogens is 158 g/mol. The predicted molar refractivity (Wildman–Crippen MR) is 58.9 cm³/mol. The molecule has 1 atom stereocenters. The van der Waals surface area contributed by atoms with Crippen LogP contribution in [0.4, 0.5) is 5.69 Å². The topological polar surface area (TPSA) is 12.0 Å². The zero-order valence-electron chi connectivity index (χ0n) is 7.96. The summed E-state index contributed by atoms with van der Waals surface area (Å²) in [6, 6.07) is 10.3. The van der Waals surface area contributed by atoms with Crippen molar-refractivity contribution in [2.75, 3.05) is 5.32 Å². The molecule has 0 bridgehead atoms. The fourth-order valence-corrected chi connectivity index (χ4v) is 1.05. The van der Waals surface area contributed by atoms with Gasteiger partial charge in [0, 0.05) is 11.7 Å². The van der Waals surface area contributed by atoms with E-state index < -0.39 is 0 Å². The van der Waals surface area contributed by atoms with Crippen molar-refractivity contribution < 1.29 is 0 Å². The number of rotatable bonds is 4. The van der Waals surface area contributed by atoms with E-state index in [0.717, 1.165) is 11.3 Å². The van der Waals surface area contributed by atoms with E-state index in [1.165, 1.54) is 0 Å². The molecule has 0 spiro atoms. The molecule has 1 nitrogen and oxygen atoms in total. The summed E-state index contributed by atoms with van der Waals surface area (Å²) in [5.41, 5.74) is 2.11. The van der Waals surface area contributed by atoms with Gasteiger partial charge in [-0.15, -0.1) is 0 Å². The maximum absolute atomic E-state index is 3.89. The van der Waals surface area contributed by atoms with Crippen LogP contribution in [0.15, 0.2) is 55.1 Å². The predicted octanol–water partition coefficient (Wildman–Crippen LogP) is 3.23. The first-order valence-electron chi connectivity index (χ1n) is 4.37. The summed E-state index contributed by atoms with van der Waals surface area (Å²) in [6.07, 6.45) is 1.78. The molecule has 0 saturated heterocycles. The van der Waals surface area contributed by atoms with Crippen LogP contribution in [0, 0.1) is 0 Å². The molecule has 1 rings (SSSR count). The van der Waals surface area contributed by atoms with Crippen molar-refractivity contribution in [3.8, 4) is 0 Å². The van der Waals surface area contributed by atoms with Crippen LogP contribution in [-0.4, -0.2) is 6.04 Å². The highest BCUT2D eigenvalue weighted by molar-refractivity contribution is 5.45. The van der Waals surface area contributed by atoms with Crippen molar-refractivity contribution in [2.45, 2.75) is 13.0 Å². The largest absolute Gasteiger partial charge is 0.379 e. The monoisotopic (exact) mass is 173 g/mol. The molecule has 0 aliphatic carbocycles. The lowest BCUT2D eigenvalue weighted by Crippen LogP contribution is -2.15. The molecule has 0 amide bonds. The van der Waals surface area contributed by atoms with Crippen LogP contribution < -0.4 is 5.32 Å². The molecule has 1 unspecified atom stereocenters. The lowest BCUT2D eigenvalue weighted by Gasteiger charge is -2.14. The van der Waals surface area contributed by atoms with Gasteiger partial charge in [0.2, 0.25) is 0 Å². The Morgan fingerprint density at radius 2 is 2.00 bits per heavy atom. The fraction of sp³-hybridized carbons (Fsp3) is 0.167. The smallest absolute Gasteiger partial charge is 0.0479 e. The second-order valence-corrected chi connectivity index (χ2v) is 3.01. The number of hydrogen-bond donors (Lipinski definition) is 1. The molecule has 68 valence electrons. The normalized spacial score (nSPS) is 11.8. The number of para-hydroxylation sites is 1. The third-order valence-corrected chi connectivity index (χ3v) is 1.98. The van der Waals surface area contributed by atoms with Gasteiger partial charge in [-0.1, -0.05) is 37.4 Å². The van der Waals surface area contributed by atoms with Crippen molar-refractivity contribution in [1.82, 2.24) is 0 Å². The van der Waals surface area contributed by atoms with E-state index in [9.17, 15) is 0 Å². The average Bonchev–Trinajstić information content (AvgIpc) is 2.18. The van der Waals surface area contributed by atoms with Crippen LogP contribution in [0.1, 0.15) is 6.92 Å². The highest BCUT2D eigenvalue weighted by atomic mass is 14.9. The molecule has 0 aliphatic heterocycles. The molecule has 1 aromatic rings. The lowest BCUT2D eigenvalue weighted by molar-refractivity contribution is 0.958. The van der Waals surface area contributed by atoms with Gasteiger partial charge in [0.25, 0.3) is 0 Å². The zero-order chi connectivity index (χ0) is 9.68. The molecule has 1 N–H and O–H groups in total. The Morgan fingerprint density at radius 3 is 2.54 bits per heavy atom. The second-order valence-electron chi connectivity index (χ2n) is 3.01. The van der Waals surface area contributed by atoms with Crippen LogP contribution in [-0.2, 0) is 0 Å². The molecule has 0 saturated carbocycles. The van der Waals surface area contributed by atoms with E-state index in [4.69, 9.17) is 0 Å². The van der Waals surface area contributed by atoms with Crippen LogP contribution in [0.2, 0.25) is 0 Å². The standard InChI is InChI=1S/C12H15N/c1-4-10(2)11(3)13-12-8-6-5-7-9-12/h4-9,11,13H,1-2H2,3H3. The maximum atomic E-state index is 3.89. The van der Waals surface area contributed by atoms with Gasteiger partial charge in [0.05, 0.1) is 0 Å². The molecule has 0 fully saturated rings. The molecule has 0 radical (unpaired) electrons. The van der Waals surface area contributed by atoms with Gasteiger partial charge in [0.15, 0.2) is 0 Å². The van der Waals surface area contributed by atoms with Gasteiger partial charge in [-0.05, 0) is 24.6 Å². The Bertz CT molecular complexity index is 287. The van der Waals surface area contributed by atoms with E-state index in [-0.39, 0.29) is 6.04 Å². The van der Waals surface area contributed by atoms with Crippen LogP contribution >= 0.6 is 0 Å². The SMILES string of the molecule is C=CC(=C)C(C)Nc1ccccc1. The minimum absolute atomic E-state index is 0.236. The van der Waals surface area contributed by atoms with Crippen LogP contribution in [0.5, 0.6) is 0 Å². The Labute approximate surface area is 79.8 Å². The van der Waals surface area contributed by atoms with E-state index in [1.807, 2.05) is 30.3 Å². The maximum Gasteiger partial charge on any atom is 0.0479 e. The molecular formula is C12H15N. The van der Waals surface area contributed by atoms with E-state index in [2.05, 4.69) is 25.4 Å². The first-order chi connectivity index (χ1) is 6.24. The van der Waals surface area contributed by atoms with E-state index in [1.54, 1.807) is 6.08 Å². The van der Waals surface area contributed by atoms with Crippen molar-refractivity contribution in [3.63, 3.8) is 0 Å². The summed E-state index contributed by atoms with van der Waals surface area (Å²) >= 11 is 0. The van der Waals surface area contributed by atoms with Crippen molar-refractivity contribution in [1.29, 1.82) is 0 Å². The van der Waals surface area contributed by atoms with Gasteiger partial charge < -0.3 is 5.32 Å². The summed E-state index contributed by atoms with van der Waals surface area (Å²) in [4.78, 5) is 0. The quantitative estimate of drug-likeness (QED) is 0.689. The number of benzene rings is 1. The Morgan fingerprint density at radius 1 is 1.38 bits per heavy atom. The summed E-state index contributed by atoms with van der Waals surface area (Å²) < 4.78 is 0. The van der Waals surface area contributed by atoms with E-state index >= 15 is 0 Å². The van der Waals surface area contributed by atoms with Crippen molar-refractivity contribution >= 4 is 5.69 Å². The lowest BCUT2D eigenvalue weighted by atomic mass is 10.1. The first-order valence-corrected chi connectivity index (χ1v) is 4.37. The third-order valence-electron chi connectivity index (χ3n) is 1.98. The van der Waals surface area contributed by atoms with E-state index in [0.29, 0.717) is 0 Å². The van der Waals surface area contributed by atoms with Crippen LogP contribution in [0.3, 0.4) is 0 Å². The van der Waals surface area contributed by atoms with Gasteiger partial charge in [-0.2, -0.15) is 0 Å². The number of nitrogens with one attached hydrogen (secondary N) is 1. The molecule has 13 heavy (non-hydrogen) atoms. The molecule has 0 aromatic heterocycles. The Hall–Kier alpha value is -1.50. The third kappa shape index (κ3) is 2.79. The second kappa shape index (κ2) is 4.51. The number of anilines is 1. The summed E-state index contributed by atoms with van der Waals surface area (Å²) in [5.74, 6) is 0. The van der Waals surface area contributed by atoms with Crippen LogP contribution in [0.25, 0.3) is 0 Å². The zero-order valence-corrected chi connectivity index (χ0v) is 7.96. The summed E-state index contributed by atoms with van der Waals surface area (Å²) in [5, 5.41) is 3.32. The highest BCUT2D eigenvalue weighted by Crippen LogP contribution is 2.10. The Kier molecular flexibility index (Phi) is 3.32. The summed E-state index contributed by atoms with van der Waals surface area (Å²) in [7, 11) is 0. The molecule has 0 aliphatic rings. The van der Waals surface area contributed by atoms with Gasteiger partial charge >= 0.3 is 0 Å². The Balaban J connectivity index is 2.60. The molecule has 0 heterocycles. The number of hydrogen-bond acceptors (Lipinski definition) is 1. The van der Waals surface area contributed by atoms with Gasteiger partial charge in [-0.3, -0.25) is 0 Å². The fourth-order valence-electron chi connectivity index (χ4n) is 1.05. The molecule has 1 heteroatoms. The van der Waals surface area contributed by atoms with Gasteiger partial charge in [0.1, 0.15) is 0 Å². The highest BCUT2D eigenvalue weighted by Gasteiger charge is 2.01. The van der Waals surface area contributed by atoms with Gasteiger partial charge in [-0.25, -0.2) is 0 Å². The average molecular weight is 173 g/mol. The minimum atomic E-state index is 0.236. The molecule has 1 aromatic carbocycles. The minimum Gasteiger partial charge on any atom is -0.379 e. The van der Waals surface area contributed by atoms with Crippen molar-refractivity contribution in [2.24, 2.45) is 0 Å². The first kappa shape index (κ1) is 9.59. The summed E-state index contributed by atoms with van der Waals surface area (Å²) in [6.45, 7) is 9.64. The van der Waals surface area contributed by atoms with Crippen molar-refractivity contribution in [3.05, 3.63) is 55.1 Å².